The van der Waals surface area contributed by atoms with Gasteiger partial charge in [0.1, 0.15) is 5.71 Å². The number of nitrogens with zero attached hydrogens (tertiary/aromatic N) is 2. The average Bonchev–Trinajstić information content (AvgIpc) is 2.79. The minimum atomic E-state index is -3.94. The van der Waals surface area contributed by atoms with Gasteiger partial charge in [0, 0.05) is 5.56 Å². The predicted octanol–water partition coefficient (Wildman–Crippen LogP) is 3.34. The van der Waals surface area contributed by atoms with Gasteiger partial charge in [-0.3, -0.25) is 0 Å². The Balaban J connectivity index is 1.92. The first-order valence-corrected chi connectivity index (χ1v) is 12.9. The lowest BCUT2D eigenvalue weighted by Gasteiger charge is -2.10. The largest absolute Gasteiger partial charge is 0.276 e. The maximum atomic E-state index is 12.7. The standard InChI is InChI=1S/C23H24N4O4S2/c1-17-9-13-21(14-10-17)32(28,29)26-24-19(3)23(20-7-5-4-6-8-20)25-27-33(30,31)22-15-11-18(2)12-16-22/h4-16,26-27H,1-3H3/b24-19-,25-23-. The molecule has 3 aromatic rings. The van der Waals surface area contributed by atoms with Crippen LogP contribution in [0.2, 0.25) is 0 Å². The first-order chi connectivity index (χ1) is 15.6. The lowest BCUT2D eigenvalue weighted by molar-refractivity contribution is 0.582. The van der Waals surface area contributed by atoms with E-state index in [9.17, 15) is 16.8 Å². The van der Waals surface area contributed by atoms with Crippen molar-refractivity contribution in [2.24, 2.45) is 10.2 Å². The molecule has 3 aromatic carbocycles. The summed E-state index contributed by atoms with van der Waals surface area (Å²) in [6, 6.07) is 21.4. The highest BCUT2D eigenvalue weighted by molar-refractivity contribution is 7.89. The number of benzene rings is 3. The molecular weight excluding hydrogens is 460 g/mol. The maximum Gasteiger partial charge on any atom is 0.276 e. The molecule has 0 aromatic heterocycles. The molecule has 0 aliphatic heterocycles. The molecule has 10 heteroatoms. The minimum Gasteiger partial charge on any atom is -0.200 e. The normalized spacial score (nSPS) is 12.9. The highest BCUT2D eigenvalue weighted by Crippen LogP contribution is 2.12. The van der Waals surface area contributed by atoms with Crippen molar-refractivity contribution in [3.05, 3.63) is 95.6 Å². The average molecular weight is 485 g/mol. The zero-order valence-electron chi connectivity index (χ0n) is 18.3. The van der Waals surface area contributed by atoms with Crippen LogP contribution >= 0.6 is 0 Å². The van der Waals surface area contributed by atoms with E-state index in [1.807, 2.05) is 13.8 Å². The summed E-state index contributed by atoms with van der Waals surface area (Å²) >= 11 is 0. The molecular formula is C23H24N4O4S2. The van der Waals surface area contributed by atoms with Crippen molar-refractivity contribution in [1.82, 2.24) is 9.66 Å². The van der Waals surface area contributed by atoms with Crippen LogP contribution in [0.4, 0.5) is 0 Å². The lowest BCUT2D eigenvalue weighted by Crippen LogP contribution is -2.26. The Morgan fingerprint density at radius 1 is 0.636 bits per heavy atom. The summed E-state index contributed by atoms with van der Waals surface area (Å²) in [6.45, 7) is 5.24. The van der Waals surface area contributed by atoms with Crippen LogP contribution in [0.5, 0.6) is 0 Å². The van der Waals surface area contributed by atoms with Crippen LogP contribution in [0.3, 0.4) is 0 Å². The van der Waals surface area contributed by atoms with Crippen LogP contribution in [0.15, 0.2) is 98.9 Å². The van der Waals surface area contributed by atoms with Gasteiger partial charge in [-0.1, -0.05) is 65.7 Å². The van der Waals surface area contributed by atoms with Gasteiger partial charge in [-0.25, -0.2) is 0 Å². The molecule has 0 amide bonds. The van der Waals surface area contributed by atoms with Crippen LogP contribution in [0.25, 0.3) is 0 Å². The molecule has 172 valence electrons. The third-order valence-corrected chi connectivity index (χ3v) is 7.11. The van der Waals surface area contributed by atoms with Gasteiger partial charge in [0.15, 0.2) is 0 Å². The SMILES string of the molecule is CC(=N/NS(=O)(=O)c1ccc(C)cc1)/C(=N/NS(=O)(=O)c1ccc(C)cc1)c1ccccc1. The number of rotatable bonds is 8. The van der Waals surface area contributed by atoms with E-state index in [0.717, 1.165) is 11.1 Å². The van der Waals surface area contributed by atoms with Crippen molar-refractivity contribution in [2.45, 2.75) is 30.6 Å². The highest BCUT2D eigenvalue weighted by Gasteiger charge is 2.17. The van der Waals surface area contributed by atoms with Crippen LogP contribution < -0.4 is 9.66 Å². The van der Waals surface area contributed by atoms with Gasteiger partial charge in [0.05, 0.1) is 15.5 Å². The van der Waals surface area contributed by atoms with Gasteiger partial charge in [-0.2, -0.15) is 36.7 Å². The number of sulfonamides is 2. The van der Waals surface area contributed by atoms with E-state index in [-0.39, 0.29) is 21.2 Å². The van der Waals surface area contributed by atoms with Gasteiger partial charge in [0.2, 0.25) is 0 Å². The molecule has 0 radical (unpaired) electrons. The summed E-state index contributed by atoms with van der Waals surface area (Å²) in [5.41, 5.74) is 2.74. The summed E-state index contributed by atoms with van der Waals surface area (Å²) < 4.78 is 50.5. The number of hydrogen-bond donors (Lipinski definition) is 2. The third kappa shape index (κ3) is 6.27. The van der Waals surface area contributed by atoms with Crippen molar-refractivity contribution in [2.75, 3.05) is 0 Å². The molecule has 0 bridgehead atoms. The summed E-state index contributed by atoms with van der Waals surface area (Å²) in [7, 11) is -7.84. The molecule has 33 heavy (non-hydrogen) atoms. The Labute approximate surface area is 194 Å². The Bertz CT molecular complexity index is 1380. The molecule has 0 heterocycles. The molecule has 0 saturated carbocycles. The first kappa shape index (κ1) is 24.1. The van der Waals surface area contributed by atoms with E-state index >= 15 is 0 Å². The Hall–Kier alpha value is -3.50. The summed E-state index contributed by atoms with van der Waals surface area (Å²) in [5.74, 6) is 0. The van der Waals surface area contributed by atoms with Crippen molar-refractivity contribution in [3.8, 4) is 0 Å². The van der Waals surface area contributed by atoms with E-state index in [4.69, 9.17) is 0 Å². The van der Waals surface area contributed by atoms with E-state index < -0.39 is 20.0 Å². The minimum absolute atomic E-state index is 0.0546. The summed E-state index contributed by atoms with van der Waals surface area (Å²) in [5, 5.41) is 8.03. The fraction of sp³-hybridized carbons (Fsp3) is 0.130. The molecule has 8 nitrogen and oxygen atoms in total. The van der Waals surface area contributed by atoms with E-state index in [0.29, 0.717) is 5.56 Å². The van der Waals surface area contributed by atoms with Crippen molar-refractivity contribution >= 4 is 31.5 Å². The Kier molecular flexibility index (Phi) is 7.29. The predicted molar refractivity (Wildman–Crippen MR) is 129 cm³/mol. The fourth-order valence-electron chi connectivity index (χ4n) is 2.78. The van der Waals surface area contributed by atoms with Crippen LogP contribution in [-0.2, 0) is 20.0 Å². The van der Waals surface area contributed by atoms with Crippen molar-refractivity contribution in [1.29, 1.82) is 0 Å². The lowest BCUT2D eigenvalue weighted by atomic mass is 10.1. The summed E-state index contributed by atoms with van der Waals surface area (Å²) in [4.78, 5) is 4.51. The Morgan fingerprint density at radius 3 is 1.52 bits per heavy atom. The molecule has 0 aliphatic carbocycles. The van der Waals surface area contributed by atoms with Crippen LogP contribution in [-0.4, -0.2) is 28.3 Å². The maximum absolute atomic E-state index is 12.7. The highest BCUT2D eigenvalue weighted by atomic mass is 32.2. The second-order valence-corrected chi connectivity index (χ2v) is 10.7. The quantitative estimate of drug-likeness (QED) is 0.377. The smallest absolute Gasteiger partial charge is 0.200 e. The van der Waals surface area contributed by atoms with E-state index in [2.05, 4.69) is 19.9 Å². The number of aryl methyl sites for hydroxylation is 2. The number of nitrogens with one attached hydrogen (secondary N) is 2. The van der Waals surface area contributed by atoms with Gasteiger partial charge in [-0.05, 0) is 45.0 Å². The van der Waals surface area contributed by atoms with Gasteiger partial charge in [-0.15, -0.1) is 0 Å². The monoisotopic (exact) mass is 484 g/mol. The van der Waals surface area contributed by atoms with E-state index in [1.54, 1.807) is 54.6 Å². The second kappa shape index (κ2) is 9.97. The van der Waals surface area contributed by atoms with Gasteiger partial charge >= 0.3 is 0 Å². The molecule has 0 unspecified atom stereocenters. The zero-order valence-corrected chi connectivity index (χ0v) is 20.0. The molecule has 0 aliphatic rings. The molecule has 0 atom stereocenters. The van der Waals surface area contributed by atoms with Gasteiger partial charge in [0.25, 0.3) is 20.0 Å². The van der Waals surface area contributed by atoms with E-state index in [1.165, 1.54) is 31.2 Å². The van der Waals surface area contributed by atoms with Crippen LogP contribution in [0, 0.1) is 13.8 Å². The molecule has 3 rings (SSSR count). The molecule has 0 fully saturated rings. The third-order valence-electron chi connectivity index (χ3n) is 4.66. The molecule has 0 spiro atoms. The topological polar surface area (TPSA) is 117 Å². The second-order valence-electron chi connectivity index (χ2n) is 7.34. The molecule has 0 saturated heterocycles. The number of hydrogen-bond acceptors (Lipinski definition) is 6. The Morgan fingerprint density at radius 2 is 1.06 bits per heavy atom. The summed E-state index contributed by atoms with van der Waals surface area (Å²) in [6.07, 6.45) is 0. The van der Waals surface area contributed by atoms with Gasteiger partial charge < -0.3 is 0 Å². The van der Waals surface area contributed by atoms with Crippen molar-refractivity contribution in [3.63, 3.8) is 0 Å². The van der Waals surface area contributed by atoms with Crippen LogP contribution in [0.1, 0.15) is 23.6 Å². The first-order valence-electron chi connectivity index (χ1n) is 9.93. The fourth-order valence-corrected chi connectivity index (χ4v) is 4.45. The number of hydrazone groups is 2. The molecule has 2 N–H and O–H groups in total. The van der Waals surface area contributed by atoms with Crippen molar-refractivity contribution < 1.29 is 16.8 Å². The zero-order chi connectivity index (χ0) is 24.1.